The lowest BCUT2D eigenvalue weighted by molar-refractivity contribution is -0.131. The van der Waals surface area contributed by atoms with Crippen LogP contribution in [0.1, 0.15) is 17.3 Å². The summed E-state index contributed by atoms with van der Waals surface area (Å²) in [5.74, 6) is 1.03. The molecule has 1 saturated heterocycles. The standard InChI is InChI=1S/C24H23N7O4/c1-16(32)35-20-6-4-3-5-19(20)24(33)30-13-11-29(12-14-30)22-21-23(26-15-25-22)31(28-27-21)17-7-9-18(34-2)10-8-17/h3-10,15H,11-14H2,1-2H3. The number of esters is 1. The van der Waals surface area contributed by atoms with E-state index < -0.39 is 5.97 Å². The first-order chi connectivity index (χ1) is 17.0. The lowest BCUT2D eigenvalue weighted by atomic mass is 10.1. The van der Waals surface area contributed by atoms with Crippen molar-refractivity contribution in [1.82, 2.24) is 29.9 Å². The minimum Gasteiger partial charge on any atom is -0.497 e. The Bertz CT molecular complexity index is 1380. The van der Waals surface area contributed by atoms with E-state index in [-0.39, 0.29) is 11.7 Å². The number of ether oxygens (including phenoxy) is 2. The predicted molar refractivity (Wildman–Crippen MR) is 127 cm³/mol. The van der Waals surface area contributed by atoms with E-state index in [1.54, 1.807) is 41.0 Å². The number of para-hydroxylation sites is 1. The maximum atomic E-state index is 13.1. The lowest BCUT2D eigenvalue weighted by Crippen LogP contribution is -2.49. The highest BCUT2D eigenvalue weighted by Gasteiger charge is 2.27. The zero-order chi connectivity index (χ0) is 24.4. The van der Waals surface area contributed by atoms with Gasteiger partial charge in [0.2, 0.25) is 0 Å². The normalized spacial score (nSPS) is 13.7. The Labute approximate surface area is 200 Å². The first-order valence-electron chi connectivity index (χ1n) is 11.1. The summed E-state index contributed by atoms with van der Waals surface area (Å²) in [5.41, 5.74) is 2.35. The number of hydrogen-bond acceptors (Lipinski definition) is 9. The van der Waals surface area contributed by atoms with Gasteiger partial charge in [-0.1, -0.05) is 17.3 Å². The number of fused-ring (bicyclic) bond motifs is 1. The number of anilines is 1. The minimum absolute atomic E-state index is 0.181. The molecule has 2 aromatic carbocycles. The number of hydrogen-bond donors (Lipinski definition) is 0. The molecule has 0 unspecified atom stereocenters. The largest absolute Gasteiger partial charge is 0.497 e. The van der Waals surface area contributed by atoms with E-state index >= 15 is 0 Å². The number of carbonyl (C=O) groups is 2. The Hall–Kier alpha value is -4.54. The van der Waals surface area contributed by atoms with Crippen molar-refractivity contribution in [2.45, 2.75) is 6.92 Å². The third-order valence-corrected chi connectivity index (χ3v) is 5.77. The van der Waals surface area contributed by atoms with Crippen LogP contribution in [0.5, 0.6) is 11.5 Å². The van der Waals surface area contributed by atoms with Crippen LogP contribution in [0.15, 0.2) is 54.9 Å². The van der Waals surface area contributed by atoms with Gasteiger partial charge in [-0.25, -0.2) is 9.97 Å². The van der Waals surface area contributed by atoms with Crippen LogP contribution in [-0.2, 0) is 4.79 Å². The molecule has 0 aliphatic carbocycles. The molecule has 2 aromatic heterocycles. The highest BCUT2D eigenvalue weighted by Crippen LogP contribution is 2.26. The fourth-order valence-electron chi connectivity index (χ4n) is 4.04. The molecular weight excluding hydrogens is 450 g/mol. The van der Waals surface area contributed by atoms with Crippen molar-refractivity contribution in [1.29, 1.82) is 0 Å². The lowest BCUT2D eigenvalue weighted by Gasteiger charge is -2.35. The summed E-state index contributed by atoms with van der Waals surface area (Å²) in [6.07, 6.45) is 1.49. The molecule has 1 aliphatic heterocycles. The smallest absolute Gasteiger partial charge is 0.308 e. The summed E-state index contributed by atoms with van der Waals surface area (Å²) in [6, 6.07) is 14.2. The first-order valence-corrected chi connectivity index (χ1v) is 11.1. The van der Waals surface area contributed by atoms with E-state index in [1.165, 1.54) is 13.3 Å². The number of piperazine rings is 1. The predicted octanol–water partition coefficient (Wildman–Crippen LogP) is 2.11. The van der Waals surface area contributed by atoms with Crippen molar-refractivity contribution in [3.8, 4) is 17.2 Å². The van der Waals surface area contributed by atoms with Crippen molar-refractivity contribution in [3.05, 3.63) is 60.4 Å². The topological polar surface area (TPSA) is 116 Å². The highest BCUT2D eigenvalue weighted by atomic mass is 16.5. The zero-order valence-electron chi connectivity index (χ0n) is 19.3. The highest BCUT2D eigenvalue weighted by molar-refractivity contribution is 5.97. The van der Waals surface area contributed by atoms with Crippen LogP contribution in [0.4, 0.5) is 5.82 Å². The second-order valence-corrected chi connectivity index (χ2v) is 7.94. The van der Waals surface area contributed by atoms with E-state index in [2.05, 4.69) is 25.2 Å². The Morgan fingerprint density at radius 1 is 0.943 bits per heavy atom. The fraction of sp³-hybridized carbons (Fsp3) is 0.250. The van der Waals surface area contributed by atoms with Gasteiger partial charge < -0.3 is 19.3 Å². The van der Waals surface area contributed by atoms with Gasteiger partial charge in [0.15, 0.2) is 17.0 Å². The SMILES string of the molecule is COc1ccc(-n2nnc3c(N4CCN(C(=O)c5ccccc5OC(C)=O)CC4)ncnc32)cc1. The summed E-state index contributed by atoms with van der Waals surface area (Å²) < 4.78 is 12.1. The third-order valence-electron chi connectivity index (χ3n) is 5.77. The molecule has 1 fully saturated rings. The van der Waals surface area contributed by atoms with E-state index in [1.807, 2.05) is 24.3 Å². The van der Waals surface area contributed by atoms with Gasteiger partial charge in [0.25, 0.3) is 5.91 Å². The number of nitrogens with zero attached hydrogens (tertiary/aromatic N) is 7. The van der Waals surface area contributed by atoms with Gasteiger partial charge in [-0.15, -0.1) is 5.10 Å². The van der Waals surface area contributed by atoms with Crippen LogP contribution >= 0.6 is 0 Å². The average Bonchev–Trinajstić information content (AvgIpc) is 3.33. The molecule has 4 aromatic rings. The molecular formula is C24H23N7O4. The molecule has 0 spiro atoms. The minimum atomic E-state index is -0.467. The van der Waals surface area contributed by atoms with Gasteiger partial charge in [0.1, 0.15) is 17.8 Å². The maximum absolute atomic E-state index is 13.1. The number of rotatable bonds is 5. The Balaban J connectivity index is 1.34. The summed E-state index contributed by atoms with van der Waals surface area (Å²) in [4.78, 5) is 37.2. The van der Waals surface area contributed by atoms with Crippen LogP contribution in [0.2, 0.25) is 0 Å². The Morgan fingerprint density at radius 3 is 2.40 bits per heavy atom. The molecule has 3 heterocycles. The van der Waals surface area contributed by atoms with Crippen LogP contribution < -0.4 is 14.4 Å². The maximum Gasteiger partial charge on any atom is 0.308 e. The van der Waals surface area contributed by atoms with E-state index in [0.717, 1.165) is 11.4 Å². The van der Waals surface area contributed by atoms with Gasteiger partial charge in [0, 0.05) is 33.1 Å². The fourth-order valence-corrected chi connectivity index (χ4v) is 4.04. The number of aromatic nitrogens is 5. The molecule has 5 rings (SSSR count). The van der Waals surface area contributed by atoms with Crippen LogP contribution in [0.3, 0.4) is 0 Å². The molecule has 0 atom stereocenters. The van der Waals surface area contributed by atoms with Crippen LogP contribution in [-0.4, -0.2) is 75.0 Å². The average molecular weight is 473 g/mol. The van der Waals surface area contributed by atoms with Gasteiger partial charge in [-0.2, -0.15) is 4.68 Å². The molecule has 1 aliphatic rings. The van der Waals surface area contributed by atoms with Gasteiger partial charge in [0.05, 0.1) is 18.4 Å². The third kappa shape index (κ3) is 4.35. The molecule has 0 bridgehead atoms. The van der Waals surface area contributed by atoms with Crippen molar-refractivity contribution in [3.63, 3.8) is 0 Å². The molecule has 178 valence electrons. The molecule has 11 nitrogen and oxygen atoms in total. The molecule has 0 N–H and O–H groups in total. The summed E-state index contributed by atoms with van der Waals surface area (Å²) in [5, 5.41) is 8.62. The molecule has 1 amide bonds. The van der Waals surface area contributed by atoms with Crippen LogP contribution in [0.25, 0.3) is 16.9 Å². The monoisotopic (exact) mass is 473 g/mol. The molecule has 0 saturated carbocycles. The van der Waals surface area contributed by atoms with Crippen molar-refractivity contribution < 1.29 is 19.1 Å². The number of amides is 1. The summed E-state index contributed by atoms with van der Waals surface area (Å²) in [6.45, 7) is 3.38. The van der Waals surface area contributed by atoms with Gasteiger partial charge in [-0.3, -0.25) is 9.59 Å². The molecule has 0 radical (unpaired) electrons. The Kier molecular flexibility index (Phi) is 5.96. The second kappa shape index (κ2) is 9.37. The van der Waals surface area contributed by atoms with Crippen molar-refractivity contribution in [2.75, 3.05) is 38.2 Å². The quantitative estimate of drug-likeness (QED) is 0.317. The van der Waals surface area contributed by atoms with E-state index in [0.29, 0.717) is 48.7 Å². The van der Waals surface area contributed by atoms with E-state index in [4.69, 9.17) is 9.47 Å². The van der Waals surface area contributed by atoms with Crippen molar-refractivity contribution >= 4 is 28.9 Å². The van der Waals surface area contributed by atoms with E-state index in [9.17, 15) is 9.59 Å². The molecule has 35 heavy (non-hydrogen) atoms. The molecule has 11 heteroatoms. The summed E-state index contributed by atoms with van der Waals surface area (Å²) >= 11 is 0. The zero-order valence-corrected chi connectivity index (χ0v) is 19.3. The second-order valence-electron chi connectivity index (χ2n) is 7.94. The van der Waals surface area contributed by atoms with Gasteiger partial charge >= 0.3 is 5.97 Å². The number of carbonyl (C=O) groups excluding carboxylic acids is 2. The summed E-state index contributed by atoms with van der Waals surface area (Å²) in [7, 11) is 1.62. The Morgan fingerprint density at radius 2 is 1.69 bits per heavy atom. The van der Waals surface area contributed by atoms with Crippen LogP contribution in [0, 0.1) is 0 Å². The van der Waals surface area contributed by atoms with Crippen molar-refractivity contribution in [2.24, 2.45) is 0 Å². The first kappa shape index (κ1) is 22.3. The number of benzene rings is 2. The number of methoxy groups -OCH3 is 1. The van der Waals surface area contributed by atoms with Gasteiger partial charge in [-0.05, 0) is 36.4 Å².